The van der Waals surface area contributed by atoms with E-state index in [1.54, 1.807) is 10.9 Å². The van der Waals surface area contributed by atoms with Crippen LogP contribution >= 0.6 is 0 Å². The highest BCUT2D eigenvalue weighted by atomic mass is 19.2. The number of fused-ring (bicyclic) bond motifs is 1. The first-order valence-electron chi connectivity index (χ1n) is 7.59. The zero-order valence-electron chi connectivity index (χ0n) is 12.9. The van der Waals surface area contributed by atoms with Crippen LogP contribution in [0, 0.1) is 11.6 Å². The van der Waals surface area contributed by atoms with Gasteiger partial charge in [-0.3, -0.25) is 9.67 Å². The van der Waals surface area contributed by atoms with Crippen molar-refractivity contribution in [2.75, 3.05) is 11.9 Å². The minimum absolute atomic E-state index is 0.00237. The van der Waals surface area contributed by atoms with Crippen LogP contribution < -0.4 is 5.32 Å². The van der Waals surface area contributed by atoms with Crippen molar-refractivity contribution >= 4 is 16.9 Å². The van der Waals surface area contributed by atoms with Crippen molar-refractivity contribution in [2.24, 2.45) is 7.05 Å². The van der Waals surface area contributed by atoms with E-state index < -0.39 is 11.6 Å². The first-order valence-corrected chi connectivity index (χ1v) is 7.59. The van der Waals surface area contributed by atoms with Crippen LogP contribution in [0.15, 0.2) is 30.6 Å². The van der Waals surface area contributed by atoms with E-state index in [2.05, 4.69) is 20.4 Å². The molecule has 1 fully saturated rings. The summed E-state index contributed by atoms with van der Waals surface area (Å²) in [7, 11) is 1.86. The highest BCUT2D eigenvalue weighted by Gasteiger charge is 2.32. The maximum absolute atomic E-state index is 13.4. The lowest BCUT2D eigenvalue weighted by molar-refractivity contribution is 0.101. The molecular weight excluding hydrogens is 316 g/mol. The Kier molecular flexibility index (Phi) is 3.61. The third-order valence-corrected chi connectivity index (χ3v) is 4.16. The van der Waals surface area contributed by atoms with Crippen molar-refractivity contribution in [3.8, 4) is 0 Å². The van der Waals surface area contributed by atoms with Crippen LogP contribution in [0.4, 0.5) is 14.6 Å². The number of nitrogens with one attached hydrogen (secondary N) is 1. The Morgan fingerprint density at radius 1 is 1.25 bits per heavy atom. The predicted molar refractivity (Wildman–Crippen MR) is 83.4 cm³/mol. The van der Waals surface area contributed by atoms with Gasteiger partial charge in [0, 0.05) is 32.0 Å². The van der Waals surface area contributed by atoms with Crippen LogP contribution in [0.25, 0.3) is 11.0 Å². The van der Waals surface area contributed by atoms with Gasteiger partial charge in [0.25, 0.3) is 0 Å². The summed E-state index contributed by atoms with van der Waals surface area (Å²) in [6.45, 7) is 0.619. The highest BCUT2D eigenvalue weighted by Crippen LogP contribution is 2.31. The topological polar surface area (TPSA) is 64.9 Å². The van der Waals surface area contributed by atoms with Gasteiger partial charge in [0.1, 0.15) is 11.9 Å². The molecule has 1 saturated heterocycles. The number of rotatable bonds is 3. The summed E-state index contributed by atoms with van der Waals surface area (Å²) in [6.07, 6.45) is 3.88. The molecular formula is C16H15F2N5O. The first kappa shape index (κ1) is 14.9. The average molecular weight is 331 g/mol. The first-order chi connectivity index (χ1) is 11.6. The third kappa shape index (κ3) is 2.58. The van der Waals surface area contributed by atoms with Gasteiger partial charge in [-0.15, -0.1) is 0 Å². The Morgan fingerprint density at radius 2 is 2.04 bits per heavy atom. The van der Waals surface area contributed by atoms with E-state index in [1.807, 2.05) is 13.1 Å². The number of ether oxygens (including phenoxy) is 1. The predicted octanol–water partition coefficient (Wildman–Crippen LogP) is 2.58. The monoisotopic (exact) mass is 331 g/mol. The lowest BCUT2D eigenvalue weighted by Crippen LogP contribution is -2.25. The largest absolute Gasteiger partial charge is 0.370 e. The molecule has 0 aliphatic carbocycles. The molecule has 0 radical (unpaired) electrons. The van der Waals surface area contributed by atoms with Crippen molar-refractivity contribution in [3.05, 3.63) is 47.9 Å². The summed E-state index contributed by atoms with van der Waals surface area (Å²) >= 11 is 0. The number of benzene rings is 1. The van der Waals surface area contributed by atoms with Crippen LogP contribution in [0.3, 0.4) is 0 Å². The molecule has 1 aliphatic heterocycles. The molecule has 0 bridgehead atoms. The molecule has 1 aromatic carbocycles. The third-order valence-electron chi connectivity index (χ3n) is 4.16. The van der Waals surface area contributed by atoms with Gasteiger partial charge in [-0.2, -0.15) is 5.10 Å². The molecule has 24 heavy (non-hydrogen) atoms. The molecule has 1 aliphatic rings. The van der Waals surface area contributed by atoms with Crippen LogP contribution in [0.2, 0.25) is 0 Å². The normalized spacial score (nSPS) is 20.6. The molecule has 0 spiro atoms. The van der Waals surface area contributed by atoms with E-state index >= 15 is 0 Å². The zero-order chi connectivity index (χ0) is 16.7. The fourth-order valence-electron chi connectivity index (χ4n) is 2.96. The number of anilines is 1. The molecule has 3 aromatic rings. The molecule has 0 unspecified atom stereocenters. The lowest BCUT2D eigenvalue weighted by Gasteiger charge is -2.20. The van der Waals surface area contributed by atoms with E-state index in [4.69, 9.17) is 4.74 Å². The van der Waals surface area contributed by atoms with Crippen molar-refractivity contribution in [1.29, 1.82) is 0 Å². The van der Waals surface area contributed by atoms with E-state index in [1.165, 1.54) is 6.20 Å². The van der Waals surface area contributed by atoms with Crippen LogP contribution in [-0.4, -0.2) is 32.4 Å². The van der Waals surface area contributed by atoms with Crippen LogP contribution in [-0.2, 0) is 11.8 Å². The maximum Gasteiger partial charge on any atom is 0.161 e. The lowest BCUT2D eigenvalue weighted by atomic mass is 10.1. The van der Waals surface area contributed by atoms with E-state index in [-0.39, 0.29) is 12.1 Å². The Balaban J connectivity index is 1.61. The summed E-state index contributed by atoms with van der Waals surface area (Å²) < 4.78 is 34.2. The van der Waals surface area contributed by atoms with Crippen molar-refractivity contribution in [1.82, 2.24) is 19.7 Å². The minimum atomic E-state index is -0.939. The fourth-order valence-corrected chi connectivity index (χ4v) is 2.96. The number of halogens is 2. The SMILES string of the molecule is Cn1nccc1[C@H]1OCC[C@@H]1Nc1cnc2cc(F)c(F)cc2n1. The molecule has 124 valence electrons. The second-order valence-corrected chi connectivity index (χ2v) is 5.72. The van der Waals surface area contributed by atoms with Gasteiger partial charge in [-0.1, -0.05) is 0 Å². The van der Waals surface area contributed by atoms with Gasteiger partial charge in [0.05, 0.1) is 29.0 Å². The van der Waals surface area contributed by atoms with Crippen molar-refractivity contribution in [3.63, 3.8) is 0 Å². The van der Waals surface area contributed by atoms with E-state index in [9.17, 15) is 8.78 Å². The van der Waals surface area contributed by atoms with Crippen molar-refractivity contribution < 1.29 is 13.5 Å². The van der Waals surface area contributed by atoms with E-state index in [0.29, 0.717) is 23.5 Å². The Morgan fingerprint density at radius 3 is 2.79 bits per heavy atom. The minimum Gasteiger partial charge on any atom is -0.370 e. The second-order valence-electron chi connectivity index (χ2n) is 5.72. The zero-order valence-corrected chi connectivity index (χ0v) is 12.9. The summed E-state index contributed by atoms with van der Waals surface area (Å²) in [5.41, 5.74) is 1.58. The fraction of sp³-hybridized carbons (Fsp3) is 0.312. The number of hydrogen-bond acceptors (Lipinski definition) is 5. The van der Waals surface area contributed by atoms with Gasteiger partial charge in [-0.25, -0.2) is 13.8 Å². The van der Waals surface area contributed by atoms with Gasteiger partial charge in [0.2, 0.25) is 0 Å². The molecule has 0 saturated carbocycles. The summed E-state index contributed by atoms with van der Waals surface area (Å²) in [5, 5.41) is 7.44. The number of aryl methyl sites for hydroxylation is 1. The maximum atomic E-state index is 13.4. The van der Waals surface area contributed by atoms with Gasteiger partial charge in [-0.05, 0) is 12.5 Å². The summed E-state index contributed by atoms with van der Waals surface area (Å²) in [5.74, 6) is -1.37. The number of nitrogens with zero attached hydrogens (tertiary/aromatic N) is 4. The van der Waals surface area contributed by atoms with E-state index in [0.717, 1.165) is 24.2 Å². The second kappa shape index (κ2) is 5.79. The average Bonchev–Trinajstić information content (AvgIpc) is 3.17. The summed E-state index contributed by atoms with van der Waals surface area (Å²) in [4.78, 5) is 8.46. The molecule has 6 nitrogen and oxygen atoms in total. The van der Waals surface area contributed by atoms with Crippen LogP contribution in [0.1, 0.15) is 18.2 Å². The Bertz CT molecular complexity index is 897. The van der Waals surface area contributed by atoms with Gasteiger partial charge in [0.15, 0.2) is 11.6 Å². The van der Waals surface area contributed by atoms with Crippen molar-refractivity contribution in [2.45, 2.75) is 18.6 Å². The smallest absolute Gasteiger partial charge is 0.161 e. The molecule has 4 rings (SSSR count). The van der Waals surface area contributed by atoms with Gasteiger partial charge >= 0.3 is 0 Å². The van der Waals surface area contributed by atoms with Crippen LogP contribution in [0.5, 0.6) is 0 Å². The molecule has 2 aromatic heterocycles. The Labute approximate surface area is 136 Å². The quantitative estimate of drug-likeness (QED) is 0.799. The highest BCUT2D eigenvalue weighted by molar-refractivity contribution is 5.75. The molecule has 1 N–H and O–H groups in total. The standard InChI is InChI=1S/C16H15F2N5O/c1-23-14(2-4-20-23)16-11(3-5-24-16)21-15-8-19-12-6-9(17)10(18)7-13(12)22-15/h2,4,6-8,11,16H,3,5H2,1H3,(H,21,22)/t11-,16-/m0/s1. The molecule has 2 atom stereocenters. The number of aromatic nitrogens is 4. The molecule has 0 amide bonds. The molecule has 8 heteroatoms. The molecule has 3 heterocycles. The summed E-state index contributed by atoms with van der Waals surface area (Å²) in [6, 6.07) is 4.00. The number of hydrogen-bond donors (Lipinski definition) is 1. The Hall–Kier alpha value is -2.61. The van der Waals surface area contributed by atoms with Gasteiger partial charge < -0.3 is 10.1 Å².